The first kappa shape index (κ1) is 23.0. The van der Waals surface area contributed by atoms with Crippen LogP contribution in [-0.4, -0.2) is 39.4 Å². The van der Waals surface area contributed by atoms with E-state index in [1.54, 1.807) is 30.5 Å². The number of carbonyl (C=O) groups is 1. The molecular weight excluding hydrogens is 436 g/mol. The van der Waals surface area contributed by atoms with Crippen molar-refractivity contribution in [2.24, 2.45) is 0 Å². The number of nitrogens with zero attached hydrogens (tertiary/aromatic N) is 1. The smallest absolute Gasteiger partial charge is 0.240 e. The van der Waals surface area contributed by atoms with E-state index in [9.17, 15) is 13.2 Å². The lowest BCUT2D eigenvalue weighted by atomic mass is 10.1. The molecule has 164 valence electrons. The highest BCUT2D eigenvalue weighted by molar-refractivity contribution is 7.89. The molecule has 3 rings (SSSR count). The number of nitrogens with one attached hydrogen (secondary N) is 3. The molecule has 0 saturated heterocycles. The third kappa shape index (κ3) is 6.40. The summed E-state index contributed by atoms with van der Waals surface area (Å²) in [6.45, 7) is 1.28. The maximum atomic E-state index is 12.1. The first-order chi connectivity index (χ1) is 14.9. The van der Waals surface area contributed by atoms with Crippen molar-refractivity contribution in [1.29, 1.82) is 0 Å². The lowest BCUT2D eigenvalue weighted by Gasteiger charge is -2.10. The average molecular weight is 461 g/mol. The molecule has 2 aromatic carbocycles. The second kappa shape index (κ2) is 10.6. The Labute approximate surface area is 187 Å². The maximum Gasteiger partial charge on any atom is 0.240 e. The van der Waals surface area contributed by atoms with Crippen molar-refractivity contribution in [3.63, 3.8) is 0 Å². The van der Waals surface area contributed by atoms with Gasteiger partial charge in [-0.1, -0.05) is 23.7 Å². The number of fused-ring (bicyclic) bond motifs is 1. The topological polar surface area (TPSA) is 100 Å². The minimum atomic E-state index is -3.44. The van der Waals surface area contributed by atoms with E-state index >= 15 is 0 Å². The second-order valence-corrected chi connectivity index (χ2v) is 9.32. The van der Waals surface area contributed by atoms with Gasteiger partial charge in [0.05, 0.1) is 10.4 Å². The van der Waals surface area contributed by atoms with E-state index in [4.69, 9.17) is 11.6 Å². The Kier molecular flexibility index (Phi) is 7.84. The molecule has 1 heterocycles. The monoisotopic (exact) mass is 460 g/mol. The number of halogens is 1. The van der Waals surface area contributed by atoms with Gasteiger partial charge >= 0.3 is 0 Å². The molecule has 3 N–H and O–H groups in total. The van der Waals surface area contributed by atoms with E-state index in [-0.39, 0.29) is 10.8 Å². The Morgan fingerprint density at radius 2 is 1.84 bits per heavy atom. The fourth-order valence-electron chi connectivity index (χ4n) is 3.11. The number of rotatable bonds is 10. The summed E-state index contributed by atoms with van der Waals surface area (Å²) in [5.74, 6) is -0.0316. The number of aryl methyl sites for hydroxylation is 1. The number of aromatic nitrogens is 1. The molecule has 0 radical (unpaired) electrons. The second-order valence-electron chi connectivity index (χ2n) is 7.00. The minimum absolute atomic E-state index is 0.0316. The van der Waals surface area contributed by atoms with Crippen molar-refractivity contribution < 1.29 is 13.2 Å². The zero-order valence-corrected chi connectivity index (χ0v) is 18.8. The molecule has 0 atom stereocenters. The van der Waals surface area contributed by atoms with E-state index in [0.717, 1.165) is 28.6 Å². The lowest BCUT2D eigenvalue weighted by molar-refractivity contribution is -0.121. The van der Waals surface area contributed by atoms with Crippen LogP contribution in [0.3, 0.4) is 0 Å². The van der Waals surface area contributed by atoms with Crippen molar-refractivity contribution >= 4 is 44.1 Å². The van der Waals surface area contributed by atoms with Crippen LogP contribution in [0.1, 0.15) is 18.4 Å². The van der Waals surface area contributed by atoms with Crippen LogP contribution in [0.2, 0.25) is 5.02 Å². The summed E-state index contributed by atoms with van der Waals surface area (Å²) in [5.41, 5.74) is 2.73. The van der Waals surface area contributed by atoms with Gasteiger partial charge in [-0.05, 0) is 61.9 Å². The number of anilines is 1. The summed E-state index contributed by atoms with van der Waals surface area (Å²) in [5, 5.41) is 7.94. The number of benzene rings is 2. The van der Waals surface area contributed by atoms with Gasteiger partial charge in [-0.25, -0.2) is 13.1 Å². The average Bonchev–Trinajstić information content (AvgIpc) is 2.77. The Bertz CT molecular complexity index is 1150. The van der Waals surface area contributed by atoms with Crippen LogP contribution in [0.5, 0.6) is 0 Å². The van der Waals surface area contributed by atoms with Crippen molar-refractivity contribution in [2.45, 2.75) is 24.2 Å². The quantitative estimate of drug-likeness (QED) is 0.403. The van der Waals surface area contributed by atoms with E-state index < -0.39 is 10.0 Å². The van der Waals surface area contributed by atoms with Crippen molar-refractivity contribution in [2.75, 3.05) is 25.5 Å². The molecule has 0 saturated carbocycles. The molecule has 9 heteroatoms. The fourth-order valence-corrected chi connectivity index (χ4v) is 4.01. The normalized spacial score (nSPS) is 11.4. The molecule has 31 heavy (non-hydrogen) atoms. The van der Waals surface area contributed by atoms with Crippen LogP contribution in [0.4, 0.5) is 5.69 Å². The summed E-state index contributed by atoms with van der Waals surface area (Å²) in [4.78, 5) is 16.6. The Morgan fingerprint density at radius 3 is 2.58 bits per heavy atom. The van der Waals surface area contributed by atoms with Crippen LogP contribution < -0.4 is 15.4 Å². The van der Waals surface area contributed by atoms with E-state index in [0.29, 0.717) is 31.0 Å². The molecule has 0 unspecified atom stereocenters. The number of pyridine rings is 1. The fraction of sp³-hybridized carbons (Fsp3) is 0.273. The Balaban J connectivity index is 1.38. The standard InChI is InChI=1S/C22H25ClN4O3S/c1-24-31(29,30)18-7-3-16(4-8-18)5-10-22(28)27-13-2-12-25-20-11-14-26-21-15-17(23)6-9-19(20)21/h3-4,6-9,11,14-15,24H,2,5,10,12-13H2,1H3,(H,25,26)(H,27,28). The molecule has 0 spiro atoms. The first-order valence-corrected chi connectivity index (χ1v) is 11.8. The number of carbonyl (C=O) groups excluding carboxylic acids is 1. The third-order valence-corrected chi connectivity index (χ3v) is 6.50. The van der Waals surface area contributed by atoms with Gasteiger partial charge in [-0.3, -0.25) is 9.78 Å². The van der Waals surface area contributed by atoms with Gasteiger partial charge in [0, 0.05) is 41.8 Å². The summed E-state index contributed by atoms with van der Waals surface area (Å²) in [7, 11) is -2.07. The van der Waals surface area contributed by atoms with Crippen molar-refractivity contribution in [3.8, 4) is 0 Å². The van der Waals surface area contributed by atoms with Crippen molar-refractivity contribution in [3.05, 3.63) is 65.3 Å². The summed E-state index contributed by atoms with van der Waals surface area (Å²) in [6.07, 6.45) is 3.42. The number of amides is 1. The summed E-state index contributed by atoms with van der Waals surface area (Å²) in [6, 6.07) is 14.1. The predicted molar refractivity (Wildman–Crippen MR) is 124 cm³/mol. The number of hydrogen-bond donors (Lipinski definition) is 3. The van der Waals surface area contributed by atoms with E-state index in [2.05, 4.69) is 20.3 Å². The van der Waals surface area contributed by atoms with Crippen LogP contribution in [0, 0.1) is 0 Å². The zero-order valence-electron chi connectivity index (χ0n) is 17.2. The summed E-state index contributed by atoms with van der Waals surface area (Å²) >= 11 is 6.01. The number of hydrogen-bond acceptors (Lipinski definition) is 5. The molecule has 0 aliphatic carbocycles. The minimum Gasteiger partial charge on any atom is -0.384 e. The molecule has 0 fully saturated rings. The molecule has 1 amide bonds. The van der Waals surface area contributed by atoms with Crippen LogP contribution in [-0.2, 0) is 21.2 Å². The Hall–Kier alpha value is -2.68. The molecule has 0 aliphatic heterocycles. The molecule has 7 nitrogen and oxygen atoms in total. The molecule has 1 aromatic heterocycles. The van der Waals surface area contributed by atoms with Gasteiger partial charge in [0.15, 0.2) is 0 Å². The van der Waals surface area contributed by atoms with Crippen LogP contribution in [0.25, 0.3) is 10.9 Å². The van der Waals surface area contributed by atoms with Gasteiger partial charge in [-0.15, -0.1) is 0 Å². The number of sulfonamides is 1. The maximum absolute atomic E-state index is 12.1. The van der Waals surface area contributed by atoms with Crippen LogP contribution >= 0.6 is 11.6 Å². The highest BCUT2D eigenvalue weighted by Crippen LogP contribution is 2.24. The van der Waals surface area contributed by atoms with Crippen LogP contribution in [0.15, 0.2) is 59.6 Å². The SMILES string of the molecule is CNS(=O)(=O)c1ccc(CCC(=O)NCCCNc2ccnc3cc(Cl)ccc23)cc1. The van der Waals surface area contributed by atoms with Gasteiger partial charge < -0.3 is 10.6 Å². The first-order valence-electron chi connectivity index (χ1n) is 9.96. The van der Waals surface area contributed by atoms with E-state index in [1.807, 2.05) is 24.3 Å². The summed E-state index contributed by atoms with van der Waals surface area (Å²) < 4.78 is 25.7. The van der Waals surface area contributed by atoms with Gasteiger partial charge in [0.25, 0.3) is 0 Å². The molecular formula is C22H25ClN4O3S. The molecule has 3 aromatic rings. The van der Waals surface area contributed by atoms with Gasteiger partial charge in [-0.2, -0.15) is 0 Å². The predicted octanol–water partition coefficient (Wildman–Crippen LogP) is 3.35. The third-order valence-electron chi connectivity index (χ3n) is 4.84. The largest absolute Gasteiger partial charge is 0.384 e. The highest BCUT2D eigenvalue weighted by Gasteiger charge is 2.10. The van der Waals surface area contributed by atoms with Crippen molar-refractivity contribution in [1.82, 2.24) is 15.0 Å². The zero-order chi connectivity index (χ0) is 22.3. The lowest BCUT2D eigenvalue weighted by Crippen LogP contribution is -2.26. The van der Waals surface area contributed by atoms with E-state index in [1.165, 1.54) is 7.05 Å². The Morgan fingerprint density at radius 1 is 1.06 bits per heavy atom. The van der Waals surface area contributed by atoms with Gasteiger partial charge in [0.2, 0.25) is 15.9 Å². The van der Waals surface area contributed by atoms with Gasteiger partial charge in [0.1, 0.15) is 0 Å². The molecule has 0 aliphatic rings. The highest BCUT2D eigenvalue weighted by atomic mass is 35.5. The molecule has 0 bridgehead atoms.